The Labute approximate surface area is 151 Å². The summed E-state index contributed by atoms with van der Waals surface area (Å²) in [5, 5.41) is 16.0. The van der Waals surface area contributed by atoms with Gasteiger partial charge in [-0.05, 0) is 19.3 Å². The number of amides is 4. The van der Waals surface area contributed by atoms with Crippen LogP contribution in [-0.2, 0) is 24.0 Å². The first-order valence-corrected chi connectivity index (χ1v) is 8.09. The van der Waals surface area contributed by atoms with Crippen LogP contribution in [0.1, 0.15) is 33.6 Å². The number of rotatable bonds is 11. The highest BCUT2D eigenvalue weighted by molar-refractivity contribution is 5.92. The van der Waals surface area contributed by atoms with Gasteiger partial charge in [0, 0.05) is 6.42 Å². The molecule has 0 aliphatic heterocycles. The third kappa shape index (κ3) is 8.97. The van der Waals surface area contributed by atoms with Crippen molar-refractivity contribution in [2.45, 2.75) is 51.7 Å². The van der Waals surface area contributed by atoms with Crippen LogP contribution in [0.15, 0.2) is 0 Å². The fourth-order valence-corrected chi connectivity index (χ4v) is 1.89. The van der Waals surface area contributed by atoms with E-state index >= 15 is 0 Å². The molecule has 0 bridgehead atoms. The fourth-order valence-electron chi connectivity index (χ4n) is 1.89. The average Bonchev–Trinajstić information content (AvgIpc) is 2.52. The SMILES string of the molecule is CC(N)C(=O)NC(C(=O)NCC(=O)NC(CCC(N)=O)C(=O)O)C(C)C. The van der Waals surface area contributed by atoms with Crippen molar-refractivity contribution in [2.24, 2.45) is 17.4 Å². The van der Waals surface area contributed by atoms with Crippen molar-refractivity contribution in [3.05, 3.63) is 0 Å². The predicted molar refractivity (Wildman–Crippen MR) is 91.4 cm³/mol. The van der Waals surface area contributed by atoms with Gasteiger partial charge >= 0.3 is 5.97 Å². The molecule has 0 spiro atoms. The standard InChI is InChI=1S/C15H27N5O6/c1-7(2)12(20-13(23)8(3)16)14(24)18-6-11(22)19-9(15(25)26)4-5-10(17)21/h7-9,12H,4-6,16H2,1-3H3,(H2,17,21)(H,18,24)(H,19,22)(H,20,23)(H,25,26). The first-order chi connectivity index (χ1) is 12.0. The molecule has 26 heavy (non-hydrogen) atoms. The molecule has 0 aromatic carbocycles. The van der Waals surface area contributed by atoms with Gasteiger partial charge in [0.2, 0.25) is 23.6 Å². The lowest BCUT2D eigenvalue weighted by Crippen LogP contribution is -2.54. The van der Waals surface area contributed by atoms with Gasteiger partial charge in [0.25, 0.3) is 0 Å². The van der Waals surface area contributed by atoms with Gasteiger partial charge in [0.1, 0.15) is 12.1 Å². The number of aliphatic carboxylic acids is 1. The lowest BCUT2D eigenvalue weighted by Gasteiger charge is -2.22. The fraction of sp³-hybridized carbons (Fsp3) is 0.667. The van der Waals surface area contributed by atoms with Crippen LogP contribution in [0.5, 0.6) is 0 Å². The van der Waals surface area contributed by atoms with Crippen molar-refractivity contribution in [3.63, 3.8) is 0 Å². The molecule has 3 atom stereocenters. The number of carbonyl (C=O) groups is 5. The predicted octanol–water partition coefficient (Wildman–Crippen LogP) is -2.57. The quantitative estimate of drug-likeness (QED) is 0.229. The lowest BCUT2D eigenvalue weighted by molar-refractivity contribution is -0.142. The van der Waals surface area contributed by atoms with Gasteiger partial charge in [-0.3, -0.25) is 19.2 Å². The minimum Gasteiger partial charge on any atom is -0.480 e. The van der Waals surface area contributed by atoms with Crippen molar-refractivity contribution in [3.8, 4) is 0 Å². The molecule has 11 nitrogen and oxygen atoms in total. The Morgan fingerprint density at radius 1 is 1.00 bits per heavy atom. The third-order valence-corrected chi connectivity index (χ3v) is 3.40. The van der Waals surface area contributed by atoms with E-state index in [1.807, 2.05) is 0 Å². The molecule has 0 aliphatic carbocycles. The van der Waals surface area contributed by atoms with Crippen molar-refractivity contribution in [1.82, 2.24) is 16.0 Å². The number of nitrogens with one attached hydrogen (secondary N) is 3. The van der Waals surface area contributed by atoms with Crippen molar-refractivity contribution < 1.29 is 29.1 Å². The number of hydrogen-bond acceptors (Lipinski definition) is 6. The summed E-state index contributed by atoms with van der Waals surface area (Å²) >= 11 is 0. The van der Waals surface area contributed by atoms with Crippen LogP contribution < -0.4 is 27.4 Å². The molecule has 3 unspecified atom stereocenters. The monoisotopic (exact) mass is 373 g/mol. The first kappa shape index (κ1) is 23.3. The van der Waals surface area contributed by atoms with E-state index in [0.717, 1.165) is 0 Å². The summed E-state index contributed by atoms with van der Waals surface area (Å²) in [7, 11) is 0. The number of carbonyl (C=O) groups excluding carboxylic acids is 4. The molecular formula is C15H27N5O6. The Hall–Kier alpha value is -2.69. The maximum absolute atomic E-state index is 12.2. The van der Waals surface area contributed by atoms with E-state index in [0.29, 0.717) is 0 Å². The molecule has 0 aromatic heterocycles. The Balaban J connectivity index is 4.64. The molecule has 8 N–H and O–H groups in total. The van der Waals surface area contributed by atoms with Crippen LogP contribution >= 0.6 is 0 Å². The molecule has 0 heterocycles. The second-order valence-corrected chi connectivity index (χ2v) is 6.20. The van der Waals surface area contributed by atoms with E-state index < -0.39 is 54.3 Å². The van der Waals surface area contributed by atoms with Gasteiger partial charge in [-0.15, -0.1) is 0 Å². The molecule has 4 amide bonds. The van der Waals surface area contributed by atoms with Crippen LogP contribution in [0.3, 0.4) is 0 Å². The van der Waals surface area contributed by atoms with E-state index in [-0.39, 0.29) is 18.8 Å². The summed E-state index contributed by atoms with van der Waals surface area (Å²) in [6.07, 6.45) is -0.369. The van der Waals surface area contributed by atoms with Gasteiger partial charge in [0.05, 0.1) is 12.6 Å². The average molecular weight is 373 g/mol. The molecule has 0 aliphatic rings. The molecule has 148 valence electrons. The topological polar surface area (TPSA) is 194 Å². The second kappa shape index (κ2) is 11.0. The smallest absolute Gasteiger partial charge is 0.326 e. The van der Waals surface area contributed by atoms with Crippen LogP contribution in [0, 0.1) is 5.92 Å². The molecule has 0 fully saturated rings. The maximum atomic E-state index is 12.2. The van der Waals surface area contributed by atoms with Gasteiger partial charge in [-0.2, -0.15) is 0 Å². The Kier molecular flexibility index (Phi) is 9.89. The first-order valence-electron chi connectivity index (χ1n) is 8.09. The summed E-state index contributed by atoms with van der Waals surface area (Å²) in [4.78, 5) is 57.4. The van der Waals surface area contributed by atoms with Gasteiger partial charge in [-0.1, -0.05) is 13.8 Å². The van der Waals surface area contributed by atoms with Crippen LogP contribution in [0.25, 0.3) is 0 Å². The molecular weight excluding hydrogens is 346 g/mol. The third-order valence-electron chi connectivity index (χ3n) is 3.40. The zero-order valence-corrected chi connectivity index (χ0v) is 15.1. The molecule has 11 heteroatoms. The van der Waals surface area contributed by atoms with Gasteiger partial charge in [-0.25, -0.2) is 4.79 Å². The molecule has 0 saturated carbocycles. The zero-order chi connectivity index (χ0) is 20.4. The summed E-state index contributed by atoms with van der Waals surface area (Å²) in [6.45, 7) is 4.39. The van der Waals surface area contributed by atoms with Crippen molar-refractivity contribution in [1.29, 1.82) is 0 Å². The van der Waals surface area contributed by atoms with Crippen molar-refractivity contribution >= 4 is 29.6 Å². The number of carboxylic acid groups (broad SMARTS) is 1. The van der Waals surface area contributed by atoms with Gasteiger partial charge < -0.3 is 32.5 Å². The van der Waals surface area contributed by atoms with Crippen LogP contribution in [-0.4, -0.2) is 59.4 Å². The number of hydrogen-bond donors (Lipinski definition) is 6. The van der Waals surface area contributed by atoms with Gasteiger partial charge in [0.15, 0.2) is 0 Å². The van der Waals surface area contributed by atoms with Crippen LogP contribution in [0.4, 0.5) is 0 Å². The van der Waals surface area contributed by atoms with E-state index in [4.69, 9.17) is 16.6 Å². The Bertz CT molecular complexity index is 549. The highest BCUT2D eigenvalue weighted by Gasteiger charge is 2.26. The highest BCUT2D eigenvalue weighted by Crippen LogP contribution is 2.02. The zero-order valence-electron chi connectivity index (χ0n) is 15.1. The summed E-state index contributed by atoms with van der Waals surface area (Å²) in [5.41, 5.74) is 10.4. The number of carboxylic acids is 1. The van der Waals surface area contributed by atoms with Crippen LogP contribution in [0.2, 0.25) is 0 Å². The normalized spacial score (nSPS) is 14.0. The minimum absolute atomic E-state index is 0.163. The van der Waals surface area contributed by atoms with E-state index in [1.165, 1.54) is 6.92 Å². The summed E-state index contributed by atoms with van der Waals surface area (Å²) in [6, 6.07) is -2.99. The minimum atomic E-state index is -1.32. The number of primary amides is 1. The van der Waals surface area contributed by atoms with E-state index in [2.05, 4.69) is 16.0 Å². The molecule has 0 radical (unpaired) electrons. The number of nitrogens with two attached hydrogens (primary N) is 2. The summed E-state index contributed by atoms with van der Waals surface area (Å²) in [5.74, 6) is -4.15. The molecule has 0 aromatic rings. The Morgan fingerprint density at radius 3 is 2.00 bits per heavy atom. The van der Waals surface area contributed by atoms with E-state index in [9.17, 15) is 24.0 Å². The molecule has 0 rings (SSSR count). The van der Waals surface area contributed by atoms with E-state index in [1.54, 1.807) is 13.8 Å². The van der Waals surface area contributed by atoms with Crippen molar-refractivity contribution in [2.75, 3.05) is 6.54 Å². The summed E-state index contributed by atoms with van der Waals surface area (Å²) < 4.78 is 0. The Morgan fingerprint density at radius 2 is 1.58 bits per heavy atom. The maximum Gasteiger partial charge on any atom is 0.326 e. The second-order valence-electron chi connectivity index (χ2n) is 6.20. The molecule has 0 saturated heterocycles. The highest BCUT2D eigenvalue weighted by atomic mass is 16.4. The largest absolute Gasteiger partial charge is 0.480 e. The lowest BCUT2D eigenvalue weighted by atomic mass is 10.0.